The molecule has 3 rings (SSSR count). The zero-order valence-electron chi connectivity index (χ0n) is 18.4. The molecule has 9 heteroatoms. The van der Waals surface area contributed by atoms with E-state index < -0.39 is 10.0 Å². The molecule has 0 aliphatic carbocycles. The minimum Gasteiger partial charge on any atom is -0.379 e. The van der Waals surface area contributed by atoms with Gasteiger partial charge in [-0.2, -0.15) is 0 Å². The number of halogens is 1. The van der Waals surface area contributed by atoms with Gasteiger partial charge < -0.3 is 10.1 Å². The van der Waals surface area contributed by atoms with E-state index in [0.717, 1.165) is 19.5 Å². The predicted octanol–water partition coefficient (Wildman–Crippen LogP) is 3.62. The van der Waals surface area contributed by atoms with Crippen LogP contribution in [0.5, 0.6) is 0 Å². The van der Waals surface area contributed by atoms with Gasteiger partial charge in [-0.3, -0.25) is 14.4 Å². The summed E-state index contributed by atoms with van der Waals surface area (Å²) in [6.07, 6.45) is 0.955. The van der Waals surface area contributed by atoms with Crippen LogP contribution < -0.4 is 10.0 Å². The van der Waals surface area contributed by atoms with Crippen LogP contribution in [0.4, 0.5) is 5.69 Å². The van der Waals surface area contributed by atoms with E-state index in [2.05, 4.69) is 28.8 Å². The zero-order valence-corrected chi connectivity index (χ0v) is 20.0. The van der Waals surface area contributed by atoms with Crippen LogP contribution in [0.3, 0.4) is 0 Å². The van der Waals surface area contributed by atoms with Crippen LogP contribution in [0.2, 0.25) is 5.02 Å². The minimum absolute atomic E-state index is 0.00280. The Hall–Kier alpha value is -2.13. The fraction of sp³-hybridized carbons (Fsp3) is 0.435. The normalized spacial score (nSPS) is 16.0. The number of hydrogen-bond donors (Lipinski definition) is 2. The van der Waals surface area contributed by atoms with Gasteiger partial charge in [-0.05, 0) is 42.7 Å². The lowest BCUT2D eigenvalue weighted by molar-refractivity contribution is 0.0124. The van der Waals surface area contributed by atoms with Crippen molar-refractivity contribution in [2.75, 3.05) is 37.6 Å². The maximum absolute atomic E-state index is 12.8. The third-order valence-electron chi connectivity index (χ3n) is 5.33. The second-order valence-electron chi connectivity index (χ2n) is 8.25. The van der Waals surface area contributed by atoms with E-state index >= 15 is 0 Å². The van der Waals surface area contributed by atoms with Gasteiger partial charge in [0.25, 0.3) is 15.9 Å². The summed E-state index contributed by atoms with van der Waals surface area (Å²) >= 11 is 6.07. The smallest absolute Gasteiger partial charge is 0.261 e. The summed E-state index contributed by atoms with van der Waals surface area (Å²) in [5.41, 5.74) is 0.573. The number of morpholine rings is 1. The third kappa shape index (κ3) is 6.68. The van der Waals surface area contributed by atoms with Crippen molar-refractivity contribution in [1.82, 2.24) is 10.2 Å². The van der Waals surface area contributed by atoms with Crippen LogP contribution in [0.1, 0.15) is 30.6 Å². The van der Waals surface area contributed by atoms with Gasteiger partial charge in [-0.15, -0.1) is 0 Å². The van der Waals surface area contributed by atoms with Gasteiger partial charge in [-0.25, -0.2) is 8.42 Å². The number of benzene rings is 2. The summed E-state index contributed by atoms with van der Waals surface area (Å²) in [5.74, 6) is 0.186. The average Bonchev–Trinajstić information content (AvgIpc) is 2.78. The standard InChI is InChI=1S/C23H30ClN3O4S/c1-17(2)14-19(27-10-12-31-13-11-27)16-25-23(28)18-6-5-7-20(15-18)32(29,30)26-22-9-4-3-8-21(22)24/h3-9,15,17,19,26H,10-14,16H2,1-2H3,(H,25,28)/t19-/m0/s1. The Balaban J connectivity index is 1.69. The molecular weight excluding hydrogens is 450 g/mol. The highest BCUT2D eigenvalue weighted by molar-refractivity contribution is 7.92. The topological polar surface area (TPSA) is 87.7 Å². The van der Waals surface area contributed by atoms with E-state index in [1.165, 1.54) is 12.1 Å². The van der Waals surface area contributed by atoms with Crippen molar-refractivity contribution in [3.8, 4) is 0 Å². The second-order valence-corrected chi connectivity index (χ2v) is 10.3. The Morgan fingerprint density at radius 3 is 2.53 bits per heavy atom. The average molecular weight is 480 g/mol. The number of carbonyl (C=O) groups is 1. The molecule has 1 amide bonds. The molecule has 1 atom stereocenters. The van der Waals surface area contributed by atoms with Crippen molar-refractivity contribution in [2.45, 2.75) is 31.2 Å². The van der Waals surface area contributed by atoms with Gasteiger partial charge in [0.05, 0.1) is 28.8 Å². The van der Waals surface area contributed by atoms with Crippen molar-refractivity contribution in [1.29, 1.82) is 0 Å². The SMILES string of the molecule is CC(C)C[C@@H](CNC(=O)c1cccc(S(=O)(=O)Nc2ccccc2Cl)c1)N1CCOCC1. The van der Waals surface area contributed by atoms with Crippen molar-refractivity contribution in [3.05, 3.63) is 59.1 Å². The first kappa shape index (κ1) is 24.5. The summed E-state index contributed by atoms with van der Waals surface area (Å²) in [7, 11) is -3.89. The highest BCUT2D eigenvalue weighted by Crippen LogP contribution is 2.24. The third-order valence-corrected chi connectivity index (χ3v) is 7.02. The molecule has 0 unspecified atom stereocenters. The molecule has 2 N–H and O–H groups in total. The molecular formula is C23H30ClN3O4S. The molecule has 0 aromatic heterocycles. The summed E-state index contributed by atoms with van der Waals surface area (Å²) in [5, 5.41) is 3.28. The molecule has 1 aliphatic rings. The largest absolute Gasteiger partial charge is 0.379 e. The predicted molar refractivity (Wildman–Crippen MR) is 127 cm³/mol. The first-order chi connectivity index (χ1) is 15.3. The van der Waals surface area contributed by atoms with Crippen LogP contribution in [-0.2, 0) is 14.8 Å². The molecule has 32 heavy (non-hydrogen) atoms. The minimum atomic E-state index is -3.89. The maximum Gasteiger partial charge on any atom is 0.261 e. The highest BCUT2D eigenvalue weighted by atomic mass is 35.5. The van der Waals surface area contributed by atoms with Gasteiger partial charge in [0.15, 0.2) is 0 Å². The fourth-order valence-electron chi connectivity index (χ4n) is 3.71. The Kier molecular flexibility index (Phi) is 8.53. The molecule has 1 aliphatic heterocycles. The van der Waals surface area contributed by atoms with Crippen LogP contribution >= 0.6 is 11.6 Å². The fourth-order valence-corrected chi connectivity index (χ4v) is 5.08. The molecule has 1 saturated heterocycles. The molecule has 1 heterocycles. The van der Waals surface area contributed by atoms with E-state index in [4.69, 9.17) is 16.3 Å². The Labute approximate surface area is 195 Å². The lowest BCUT2D eigenvalue weighted by Gasteiger charge is -2.35. The van der Waals surface area contributed by atoms with Gasteiger partial charge in [0, 0.05) is 31.2 Å². The number of nitrogens with zero attached hydrogens (tertiary/aromatic N) is 1. The highest BCUT2D eigenvalue weighted by Gasteiger charge is 2.23. The van der Waals surface area contributed by atoms with Crippen molar-refractivity contribution >= 4 is 33.2 Å². The molecule has 0 bridgehead atoms. The van der Waals surface area contributed by atoms with Gasteiger partial charge in [-0.1, -0.05) is 43.6 Å². The number of sulfonamides is 1. The van der Waals surface area contributed by atoms with Gasteiger partial charge >= 0.3 is 0 Å². The maximum atomic E-state index is 12.8. The molecule has 0 saturated carbocycles. The number of rotatable bonds is 9. The number of amides is 1. The van der Waals surface area contributed by atoms with E-state index in [1.807, 2.05) is 0 Å². The van der Waals surface area contributed by atoms with Crippen LogP contribution in [0.15, 0.2) is 53.4 Å². The Morgan fingerprint density at radius 1 is 1.12 bits per heavy atom. The molecule has 0 spiro atoms. The number of carbonyl (C=O) groups excluding carboxylic acids is 1. The van der Waals surface area contributed by atoms with Crippen LogP contribution in [-0.4, -0.2) is 58.1 Å². The molecule has 1 fully saturated rings. The van der Waals surface area contributed by atoms with Crippen molar-refractivity contribution < 1.29 is 17.9 Å². The van der Waals surface area contributed by atoms with Gasteiger partial charge in [0.1, 0.15) is 0 Å². The molecule has 7 nitrogen and oxygen atoms in total. The van der Waals surface area contributed by atoms with E-state index in [0.29, 0.717) is 30.7 Å². The lowest BCUT2D eigenvalue weighted by Crippen LogP contribution is -2.49. The van der Waals surface area contributed by atoms with Crippen LogP contribution in [0, 0.1) is 5.92 Å². The Bertz CT molecular complexity index is 1020. The van der Waals surface area contributed by atoms with Crippen LogP contribution in [0.25, 0.3) is 0 Å². The number of anilines is 1. The number of nitrogens with one attached hydrogen (secondary N) is 2. The van der Waals surface area contributed by atoms with E-state index in [1.54, 1.807) is 36.4 Å². The van der Waals surface area contributed by atoms with Crippen molar-refractivity contribution in [3.63, 3.8) is 0 Å². The van der Waals surface area contributed by atoms with E-state index in [9.17, 15) is 13.2 Å². The molecule has 2 aromatic rings. The van der Waals surface area contributed by atoms with E-state index in [-0.39, 0.29) is 28.1 Å². The number of ether oxygens (including phenoxy) is 1. The number of para-hydroxylation sites is 1. The summed E-state index contributed by atoms with van der Waals surface area (Å²) in [4.78, 5) is 15.2. The lowest BCUT2D eigenvalue weighted by atomic mass is 10.0. The van der Waals surface area contributed by atoms with Gasteiger partial charge in [0.2, 0.25) is 0 Å². The first-order valence-electron chi connectivity index (χ1n) is 10.7. The first-order valence-corrected chi connectivity index (χ1v) is 12.6. The molecule has 0 radical (unpaired) electrons. The molecule has 174 valence electrons. The zero-order chi connectivity index (χ0) is 23.1. The summed E-state index contributed by atoms with van der Waals surface area (Å²) in [6.45, 7) is 7.89. The quantitative estimate of drug-likeness (QED) is 0.573. The monoisotopic (exact) mass is 479 g/mol. The summed E-state index contributed by atoms with van der Waals surface area (Å²) < 4.78 is 33.5. The second kappa shape index (κ2) is 11.1. The summed E-state index contributed by atoms with van der Waals surface area (Å²) in [6, 6.07) is 12.8. The molecule has 2 aromatic carbocycles. The number of hydrogen-bond acceptors (Lipinski definition) is 5. The Morgan fingerprint density at radius 2 is 1.84 bits per heavy atom. The van der Waals surface area contributed by atoms with Crippen molar-refractivity contribution in [2.24, 2.45) is 5.92 Å².